The molecule has 132 valence electrons. The maximum atomic E-state index is 12.3. The quantitative estimate of drug-likeness (QED) is 0.700. The first-order chi connectivity index (χ1) is 12.1. The molecule has 4 heterocycles. The summed E-state index contributed by atoms with van der Waals surface area (Å²) in [5, 5.41) is 9.54. The van der Waals surface area contributed by atoms with E-state index in [1.807, 2.05) is 0 Å². The van der Waals surface area contributed by atoms with E-state index >= 15 is 0 Å². The predicted molar refractivity (Wildman–Crippen MR) is 101 cm³/mol. The fraction of sp³-hybridized carbons (Fsp3) is 0.471. The highest BCUT2D eigenvalue weighted by Gasteiger charge is 2.29. The molecule has 3 aromatic heterocycles. The van der Waals surface area contributed by atoms with Gasteiger partial charge >= 0.3 is 0 Å². The van der Waals surface area contributed by atoms with Gasteiger partial charge in [-0.05, 0) is 35.7 Å². The van der Waals surface area contributed by atoms with Crippen LogP contribution in [-0.2, 0) is 11.2 Å². The van der Waals surface area contributed by atoms with E-state index < -0.39 is 0 Å². The SMILES string of the molecule is CCCc1cc(=O)n2nc(N3CC(C)OC(c4ccsc4)C3)sc2n1. The molecule has 1 aliphatic heterocycles. The van der Waals surface area contributed by atoms with Gasteiger partial charge in [-0.2, -0.15) is 15.9 Å². The first-order valence-electron chi connectivity index (χ1n) is 8.46. The molecule has 0 spiro atoms. The van der Waals surface area contributed by atoms with Gasteiger partial charge in [-0.25, -0.2) is 4.98 Å². The molecule has 0 N–H and O–H groups in total. The molecule has 2 unspecified atom stereocenters. The van der Waals surface area contributed by atoms with E-state index in [0.717, 1.165) is 36.8 Å². The zero-order valence-electron chi connectivity index (χ0n) is 14.2. The van der Waals surface area contributed by atoms with Crippen molar-refractivity contribution >= 4 is 32.8 Å². The van der Waals surface area contributed by atoms with Crippen LogP contribution in [0.3, 0.4) is 0 Å². The smallest absolute Gasteiger partial charge is 0.275 e. The van der Waals surface area contributed by atoms with E-state index in [-0.39, 0.29) is 17.8 Å². The van der Waals surface area contributed by atoms with Gasteiger partial charge in [0.25, 0.3) is 5.56 Å². The second-order valence-corrected chi connectivity index (χ2v) is 8.03. The number of aryl methyl sites for hydroxylation is 1. The van der Waals surface area contributed by atoms with Gasteiger partial charge in [0, 0.05) is 18.3 Å². The van der Waals surface area contributed by atoms with Crippen LogP contribution in [0.1, 0.15) is 37.6 Å². The van der Waals surface area contributed by atoms with Crippen molar-refractivity contribution in [3.8, 4) is 0 Å². The van der Waals surface area contributed by atoms with Crippen molar-refractivity contribution in [2.45, 2.75) is 38.9 Å². The lowest BCUT2D eigenvalue weighted by Gasteiger charge is -2.36. The van der Waals surface area contributed by atoms with E-state index in [1.165, 1.54) is 21.4 Å². The Morgan fingerprint density at radius 1 is 1.40 bits per heavy atom. The lowest BCUT2D eigenvalue weighted by atomic mass is 10.1. The molecule has 0 aliphatic carbocycles. The molecule has 0 radical (unpaired) electrons. The summed E-state index contributed by atoms with van der Waals surface area (Å²) in [6, 6.07) is 3.70. The Morgan fingerprint density at radius 3 is 3.04 bits per heavy atom. The molecule has 0 bridgehead atoms. The first kappa shape index (κ1) is 16.7. The number of hydrogen-bond acceptors (Lipinski definition) is 7. The number of fused-ring (bicyclic) bond motifs is 1. The molecule has 1 fully saturated rings. The Kier molecular flexibility index (Phi) is 4.58. The average Bonchev–Trinajstić information content (AvgIpc) is 3.24. The van der Waals surface area contributed by atoms with Gasteiger partial charge in [-0.1, -0.05) is 24.7 Å². The van der Waals surface area contributed by atoms with Crippen LogP contribution in [0.5, 0.6) is 0 Å². The fourth-order valence-corrected chi connectivity index (χ4v) is 4.75. The van der Waals surface area contributed by atoms with E-state index in [9.17, 15) is 4.79 Å². The molecule has 1 aliphatic rings. The molecule has 3 aromatic rings. The predicted octanol–water partition coefficient (Wildman–Crippen LogP) is 3.13. The summed E-state index contributed by atoms with van der Waals surface area (Å²) in [4.78, 5) is 19.8. The second kappa shape index (κ2) is 6.86. The van der Waals surface area contributed by atoms with E-state index in [2.05, 4.69) is 45.7 Å². The van der Waals surface area contributed by atoms with E-state index in [0.29, 0.717) is 4.96 Å². The fourth-order valence-electron chi connectivity index (χ4n) is 3.11. The summed E-state index contributed by atoms with van der Waals surface area (Å²) in [7, 11) is 0. The van der Waals surface area contributed by atoms with Gasteiger partial charge in [0.1, 0.15) is 6.10 Å². The summed E-state index contributed by atoms with van der Waals surface area (Å²) in [6.07, 6.45) is 1.92. The maximum Gasteiger partial charge on any atom is 0.275 e. The minimum Gasteiger partial charge on any atom is -0.367 e. The van der Waals surface area contributed by atoms with Crippen molar-refractivity contribution in [1.29, 1.82) is 0 Å². The summed E-state index contributed by atoms with van der Waals surface area (Å²) in [5.41, 5.74) is 1.93. The first-order valence-corrected chi connectivity index (χ1v) is 10.2. The third kappa shape index (κ3) is 3.33. The number of aromatic nitrogens is 3. The van der Waals surface area contributed by atoms with Gasteiger partial charge in [0.15, 0.2) is 0 Å². The Hall–Kier alpha value is -1.77. The molecule has 1 saturated heterocycles. The van der Waals surface area contributed by atoms with Crippen molar-refractivity contribution in [1.82, 2.24) is 14.6 Å². The van der Waals surface area contributed by atoms with E-state index in [1.54, 1.807) is 17.4 Å². The maximum absolute atomic E-state index is 12.3. The summed E-state index contributed by atoms with van der Waals surface area (Å²) < 4.78 is 7.50. The average molecular weight is 377 g/mol. The molecule has 8 heteroatoms. The van der Waals surface area contributed by atoms with Crippen LogP contribution in [-0.4, -0.2) is 33.8 Å². The molecule has 0 amide bonds. The molecule has 2 atom stereocenters. The normalized spacial score (nSPS) is 21.1. The van der Waals surface area contributed by atoms with Gasteiger partial charge in [-0.3, -0.25) is 4.79 Å². The number of thiophene rings is 1. The van der Waals surface area contributed by atoms with E-state index in [4.69, 9.17) is 4.74 Å². The minimum atomic E-state index is -0.105. The van der Waals surface area contributed by atoms with Gasteiger partial charge < -0.3 is 9.64 Å². The monoisotopic (exact) mass is 376 g/mol. The van der Waals surface area contributed by atoms with Crippen LogP contribution in [0, 0.1) is 0 Å². The lowest BCUT2D eigenvalue weighted by Crippen LogP contribution is -2.42. The van der Waals surface area contributed by atoms with Crippen LogP contribution < -0.4 is 10.5 Å². The highest BCUT2D eigenvalue weighted by atomic mass is 32.1. The van der Waals surface area contributed by atoms with Crippen molar-refractivity contribution in [3.63, 3.8) is 0 Å². The highest BCUT2D eigenvalue weighted by molar-refractivity contribution is 7.20. The molecule has 0 saturated carbocycles. The second-order valence-electron chi connectivity index (χ2n) is 6.31. The zero-order valence-corrected chi connectivity index (χ0v) is 15.8. The molecular weight excluding hydrogens is 356 g/mol. The largest absolute Gasteiger partial charge is 0.367 e. The molecule has 4 rings (SSSR count). The van der Waals surface area contributed by atoms with Crippen LogP contribution in [0.2, 0.25) is 0 Å². The topological polar surface area (TPSA) is 59.7 Å². The number of anilines is 1. The Balaban J connectivity index is 1.66. The minimum absolute atomic E-state index is 0.0299. The van der Waals surface area contributed by atoms with Crippen LogP contribution in [0.25, 0.3) is 4.96 Å². The molecular formula is C17H20N4O2S2. The Bertz CT molecular complexity index is 919. The third-order valence-electron chi connectivity index (χ3n) is 4.24. The number of morpholine rings is 1. The number of ether oxygens (including phenoxy) is 1. The lowest BCUT2D eigenvalue weighted by molar-refractivity contribution is -0.0172. The Labute approximate surface area is 153 Å². The third-order valence-corrected chi connectivity index (χ3v) is 5.91. The molecule has 6 nitrogen and oxygen atoms in total. The standard InChI is InChI=1S/C17H20N4O2S2/c1-3-4-13-7-15(22)21-16(18-13)25-17(19-21)20-8-11(2)23-14(9-20)12-5-6-24-10-12/h5-7,10-11,14H,3-4,8-9H2,1-2H3. The molecule has 0 aromatic carbocycles. The van der Waals surface area contributed by atoms with Crippen molar-refractivity contribution in [2.75, 3.05) is 18.0 Å². The van der Waals surface area contributed by atoms with Crippen LogP contribution >= 0.6 is 22.7 Å². The number of hydrogen-bond donors (Lipinski definition) is 0. The summed E-state index contributed by atoms with van der Waals surface area (Å²) >= 11 is 3.15. The van der Waals surface area contributed by atoms with Gasteiger partial charge in [-0.15, -0.1) is 5.10 Å². The summed E-state index contributed by atoms with van der Waals surface area (Å²) in [5.74, 6) is 0. The summed E-state index contributed by atoms with van der Waals surface area (Å²) in [6.45, 7) is 5.65. The van der Waals surface area contributed by atoms with Crippen LogP contribution in [0.15, 0.2) is 27.7 Å². The number of nitrogens with zero attached hydrogens (tertiary/aromatic N) is 4. The van der Waals surface area contributed by atoms with Gasteiger partial charge in [0.05, 0.1) is 12.6 Å². The highest BCUT2D eigenvalue weighted by Crippen LogP contribution is 2.31. The van der Waals surface area contributed by atoms with Crippen molar-refractivity contribution in [2.24, 2.45) is 0 Å². The Morgan fingerprint density at radius 2 is 2.28 bits per heavy atom. The molecule has 25 heavy (non-hydrogen) atoms. The zero-order chi connectivity index (χ0) is 17.4. The van der Waals surface area contributed by atoms with Gasteiger partial charge in [0.2, 0.25) is 10.1 Å². The van der Waals surface area contributed by atoms with Crippen molar-refractivity contribution in [3.05, 3.63) is 44.5 Å². The van der Waals surface area contributed by atoms with Crippen LogP contribution in [0.4, 0.5) is 5.13 Å². The van der Waals surface area contributed by atoms with Crippen molar-refractivity contribution < 1.29 is 4.74 Å². The number of rotatable bonds is 4.